The van der Waals surface area contributed by atoms with Crippen molar-refractivity contribution in [3.05, 3.63) is 40.5 Å². The van der Waals surface area contributed by atoms with Crippen LogP contribution in [0.25, 0.3) is 11.3 Å². The summed E-state index contributed by atoms with van der Waals surface area (Å²) in [6.07, 6.45) is -1.12. The monoisotopic (exact) mass is 358 g/mol. The third-order valence-electron chi connectivity index (χ3n) is 3.86. The zero-order chi connectivity index (χ0) is 17.3. The van der Waals surface area contributed by atoms with Crippen molar-refractivity contribution >= 4 is 17.5 Å². The highest BCUT2D eigenvalue weighted by Gasteiger charge is 2.30. The van der Waals surface area contributed by atoms with Gasteiger partial charge in [0.1, 0.15) is 5.02 Å². The second-order valence-corrected chi connectivity index (χ2v) is 6.12. The van der Waals surface area contributed by atoms with E-state index in [2.05, 4.69) is 10.5 Å². The summed E-state index contributed by atoms with van der Waals surface area (Å²) in [5.74, 6) is 0.293. The lowest BCUT2D eigenvalue weighted by atomic mass is 10.1. The molecule has 1 aliphatic carbocycles. The third kappa shape index (κ3) is 3.72. The first kappa shape index (κ1) is 16.8. The van der Waals surface area contributed by atoms with Crippen molar-refractivity contribution in [1.82, 2.24) is 10.5 Å². The summed E-state index contributed by atoms with van der Waals surface area (Å²) < 4.78 is 42.8. The van der Waals surface area contributed by atoms with E-state index in [1.165, 1.54) is 25.0 Å². The number of carbonyl (C=O) groups is 1. The summed E-state index contributed by atoms with van der Waals surface area (Å²) in [6.45, 7) is 0.530. The van der Waals surface area contributed by atoms with Gasteiger partial charge in [-0.05, 0) is 24.5 Å². The standard InChI is InChI=1S/C16H14ClF3N2O2/c17-12-13(15(23)21-8-7-9-1-2-9)22-24-14(12)10-3-5-11(6-4-10)16(18,19)20/h3-6,9H,1-2,7-8H2,(H,21,23). The highest BCUT2D eigenvalue weighted by Crippen LogP contribution is 2.34. The molecule has 0 radical (unpaired) electrons. The Morgan fingerprint density at radius 1 is 1.29 bits per heavy atom. The fourth-order valence-corrected chi connectivity index (χ4v) is 2.55. The van der Waals surface area contributed by atoms with Crippen LogP contribution in [0.15, 0.2) is 28.8 Å². The van der Waals surface area contributed by atoms with E-state index in [4.69, 9.17) is 16.1 Å². The summed E-state index contributed by atoms with van der Waals surface area (Å²) in [6, 6.07) is 4.29. The molecule has 0 atom stereocenters. The fourth-order valence-electron chi connectivity index (χ4n) is 2.29. The molecule has 3 rings (SSSR count). The zero-order valence-corrected chi connectivity index (χ0v) is 13.2. The fraction of sp³-hybridized carbons (Fsp3) is 0.375. The Hall–Kier alpha value is -2.02. The number of hydrogen-bond acceptors (Lipinski definition) is 3. The van der Waals surface area contributed by atoms with Gasteiger partial charge in [-0.15, -0.1) is 0 Å². The van der Waals surface area contributed by atoms with E-state index in [1.807, 2.05) is 0 Å². The molecular formula is C16H14ClF3N2O2. The Kier molecular flexibility index (Phi) is 4.54. The number of carbonyl (C=O) groups excluding carboxylic acids is 1. The summed E-state index contributed by atoms with van der Waals surface area (Å²) in [7, 11) is 0. The number of nitrogens with zero attached hydrogens (tertiary/aromatic N) is 1. The largest absolute Gasteiger partial charge is 0.416 e. The van der Waals surface area contributed by atoms with Crippen molar-refractivity contribution in [3.8, 4) is 11.3 Å². The van der Waals surface area contributed by atoms with E-state index >= 15 is 0 Å². The number of rotatable bonds is 5. The Morgan fingerprint density at radius 3 is 2.54 bits per heavy atom. The maximum atomic E-state index is 12.6. The van der Waals surface area contributed by atoms with E-state index < -0.39 is 17.6 Å². The molecule has 1 heterocycles. The molecule has 24 heavy (non-hydrogen) atoms. The van der Waals surface area contributed by atoms with Gasteiger partial charge in [0.05, 0.1) is 5.56 Å². The normalized spacial score (nSPS) is 14.7. The van der Waals surface area contributed by atoms with Gasteiger partial charge in [-0.1, -0.05) is 41.7 Å². The molecule has 1 N–H and O–H groups in total. The number of nitrogens with one attached hydrogen (secondary N) is 1. The van der Waals surface area contributed by atoms with Crippen LogP contribution in [0.1, 0.15) is 35.3 Å². The van der Waals surface area contributed by atoms with Crippen LogP contribution in [0.4, 0.5) is 13.2 Å². The van der Waals surface area contributed by atoms with E-state index in [1.54, 1.807) is 0 Å². The molecule has 1 saturated carbocycles. The second kappa shape index (κ2) is 6.47. The summed E-state index contributed by atoms with van der Waals surface area (Å²) >= 11 is 6.10. The number of aromatic nitrogens is 1. The third-order valence-corrected chi connectivity index (χ3v) is 4.21. The quantitative estimate of drug-likeness (QED) is 0.853. The molecule has 4 nitrogen and oxygen atoms in total. The number of benzene rings is 1. The van der Waals surface area contributed by atoms with Crippen LogP contribution in [0, 0.1) is 5.92 Å². The molecule has 0 spiro atoms. The Morgan fingerprint density at radius 2 is 1.96 bits per heavy atom. The van der Waals surface area contributed by atoms with E-state index in [-0.39, 0.29) is 16.5 Å². The molecule has 128 valence electrons. The predicted octanol–water partition coefficient (Wildman–Crippen LogP) is 4.54. The van der Waals surface area contributed by atoms with Crippen molar-refractivity contribution in [1.29, 1.82) is 0 Å². The topological polar surface area (TPSA) is 55.1 Å². The van der Waals surface area contributed by atoms with Gasteiger partial charge in [0.25, 0.3) is 5.91 Å². The molecule has 0 bridgehead atoms. The van der Waals surface area contributed by atoms with Gasteiger partial charge in [-0.2, -0.15) is 13.2 Å². The van der Waals surface area contributed by atoms with E-state index in [9.17, 15) is 18.0 Å². The molecule has 1 aromatic carbocycles. The average Bonchev–Trinajstić information content (AvgIpc) is 3.27. The van der Waals surface area contributed by atoms with Crippen LogP contribution in [0.3, 0.4) is 0 Å². The van der Waals surface area contributed by atoms with Crippen molar-refractivity contribution in [2.75, 3.05) is 6.54 Å². The molecule has 1 aliphatic rings. The van der Waals surface area contributed by atoms with Gasteiger partial charge < -0.3 is 9.84 Å². The molecule has 2 aromatic rings. The number of halogens is 4. The minimum atomic E-state index is -4.42. The maximum Gasteiger partial charge on any atom is 0.416 e. The van der Waals surface area contributed by atoms with Gasteiger partial charge in [-0.3, -0.25) is 4.79 Å². The summed E-state index contributed by atoms with van der Waals surface area (Å²) in [4.78, 5) is 12.0. The van der Waals surface area contributed by atoms with E-state index in [0.29, 0.717) is 18.0 Å². The average molecular weight is 359 g/mol. The van der Waals surface area contributed by atoms with Crippen molar-refractivity contribution in [3.63, 3.8) is 0 Å². The molecule has 1 fully saturated rings. The lowest BCUT2D eigenvalue weighted by Crippen LogP contribution is -2.25. The lowest BCUT2D eigenvalue weighted by Gasteiger charge is -2.06. The minimum Gasteiger partial charge on any atom is -0.354 e. The Bertz CT molecular complexity index is 737. The second-order valence-electron chi connectivity index (χ2n) is 5.74. The first-order valence-corrected chi connectivity index (χ1v) is 7.85. The Balaban J connectivity index is 1.72. The van der Waals surface area contributed by atoms with Gasteiger partial charge in [0.15, 0.2) is 11.5 Å². The van der Waals surface area contributed by atoms with Gasteiger partial charge in [0, 0.05) is 12.1 Å². The summed E-state index contributed by atoms with van der Waals surface area (Å²) in [5.41, 5.74) is -0.528. The van der Waals surface area contributed by atoms with E-state index in [0.717, 1.165) is 18.6 Å². The number of amides is 1. The lowest BCUT2D eigenvalue weighted by molar-refractivity contribution is -0.137. The number of hydrogen-bond donors (Lipinski definition) is 1. The summed E-state index contributed by atoms with van der Waals surface area (Å²) in [5, 5.41) is 6.33. The van der Waals surface area contributed by atoms with Crippen LogP contribution < -0.4 is 5.32 Å². The van der Waals surface area contributed by atoms with Crippen molar-refractivity contribution in [2.45, 2.75) is 25.4 Å². The predicted molar refractivity (Wildman–Crippen MR) is 81.6 cm³/mol. The zero-order valence-electron chi connectivity index (χ0n) is 12.5. The van der Waals surface area contributed by atoms with Crippen LogP contribution in [-0.4, -0.2) is 17.6 Å². The van der Waals surface area contributed by atoms with Gasteiger partial charge in [-0.25, -0.2) is 0 Å². The highest BCUT2D eigenvalue weighted by atomic mass is 35.5. The molecule has 1 amide bonds. The molecule has 0 unspecified atom stereocenters. The first-order valence-electron chi connectivity index (χ1n) is 7.47. The molecule has 0 saturated heterocycles. The number of alkyl halides is 3. The minimum absolute atomic E-state index is 0.0151. The first-order chi connectivity index (χ1) is 11.4. The molecule has 1 aromatic heterocycles. The Labute approximate surface area is 141 Å². The SMILES string of the molecule is O=C(NCCC1CC1)c1noc(-c2ccc(C(F)(F)F)cc2)c1Cl. The van der Waals surface area contributed by atoms with Crippen LogP contribution in [0.5, 0.6) is 0 Å². The van der Waals surface area contributed by atoms with Crippen molar-refractivity contribution < 1.29 is 22.5 Å². The molecule has 0 aliphatic heterocycles. The van der Waals surface area contributed by atoms with Crippen LogP contribution in [-0.2, 0) is 6.18 Å². The maximum absolute atomic E-state index is 12.6. The van der Waals surface area contributed by atoms with Crippen LogP contribution in [0.2, 0.25) is 5.02 Å². The van der Waals surface area contributed by atoms with Crippen LogP contribution >= 0.6 is 11.6 Å². The van der Waals surface area contributed by atoms with Crippen molar-refractivity contribution in [2.24, 2.45) is 5.92 Å². The molecule has 8 heteroatoms. The smallest absolute Gasteiger partial charge is 0.354 e. The van der Waals surface area contributed by atoms with Gasteiger partial charge >= 0.3 is 6.18 Å². The highest BCUT2D eigenvalue weighted by molar-refractivity contribution is 6.35. The molecular weight excluding hydrogens is 345 g/mol. The van der Waals surface area contributed by atoms with Gasteiger partial charge in [0.2, 0.25) is 0 Å².